The van der Waals surface area contributed by atoms with Crippen LogP contribution in [-0.4, -0.2) is 135 Å². The van der Waals surface area contributed by atoms with Crippen molar-refractivity contribution in [2.45, 2.75) is 114 Å². The maximum atomic E-state index is 13.9. The Morgan fingerprint density at radius 2 is 1.12 bits per heavy atom. The molecule has 16 heteroatoms. The predicted octanol–water partition coefficient (Wildman–Crippen LogP) is -0.253. The molecule has 0 saturated heterocycles. The third kappa shape index (κ3) is 17.5. The summed E-state index contributed by atoms with van der Waals surface area (Å²) in [4.78, 5) is 31.7. The van der Waals surface area contributed by atoms with Crippen LogP contribution in [0.25, 0.3) is 10.9 Å². The molecule has 0 fully saturated rings. The highest BCUT2D eigenvalue weighted by molar-refractivity contribution is 5.96. The van der Waals surface area contributed by atoms with Gasteiger partial charge in [-0.15, -0.1) is 12.4 Å². The number of benzene rings is 2. The number of likely N-dealkylation sites (N-methyl/N-ethyl adjacent to an activating group) is 3. The zero-order chi connectivity index (χ0) is 45.0. The molecule has 0 bridgehead atoms. The number of amides is 2. The van der Waals surface area contributed by atoms with E-state index in [0.717, 1.165) is 159 Å². The molecule has 12 nitrogen and oxygen atoms in total. The number of hydrogen-bond donors (Lipinski definition) is 3. The Kier molecular flexibility index (Phi) is 31.2. The lowest BCUT2D eigenvalue weighted by Crippen LogP contribution is -3.00. The number of aromatic nitrogens is 1. The molecule has 2 aromatic carbocycles. The van der Waals surface area contributed by atoms with Gasteiger partial charge in [-0.05, 0) is 125 Å². The van der Waals surface area contributed by atoms with Gasteiger partial charge < -0.3 is 83.9 Å². The molecule has 1 aromatic heterocycles. The highest BCUT2D eigenvalue weighted by Crippen LogP contribution is 2.40. The number of fused-ring (bicyclic) bond motifs is 2. The number of nitrogens with one attached hydrogen (secondary N) is 3. The SMILES string of the molecule is CC[N+](CC)(CC)CCOc1cc(C(=O)NCCCCCC(=O)NNc2c3c(nc4ccccc24)CCCC3)cc(OCC[N+](CC)(CC)CC)c1OCC[N+](CC)(CC)CC.Cl.[Br-].[Br-].[Br-]. The van der Waals surface area contributed by atoms with Crippen LogP contribution in [0.4, 0.5) is 5.69 Å². The van der Waals surface area contributed by atoms with Crippen molar-refractivity contribution in [3.8, 4) is 17.2 Å². The highest BCUT2D eigenvalue weighted by atomic mass is 79.9. The van der Waals surface area contributed by atoms with Crippen LogP contribution in [0.1, 0.15) is 122 Å². The van der Waals surface area contributed by atoms with Gasteiger partial charge in [-0.25, -0.2) is 0 Å². The van der Waals surface area contributed by atoms with Gasteiger partial charge in [0.05, 0.1) is 70.1 Å². The fraction of sp³-hybridized carbons (Fsp3) is 0.660. The summed E-state index contributed by atoms with van der Waals surface area (Å²) in [6.07, 6.45) is 6.87. The molecule has 1 aliphatic rings. The summed E-state index contributed by atoms with van der Waals surface area (Å²) in [6.45, 7) is 34.0. The fourth-order valence-corrected chi connectivity index (χ4v) is 9.14. The van der Waals surface area contributed by atoms with Crippen LogP contribution in [0.3, 0.4) is 0 Å². The second kappa shape index (κ2) is 32.4. The molecular weight excluding hydrogens is 1050 g/mol. The first kappa shape index (κ1) is 63.6. The molecule has 2 amide bonds. The molecule has 1 aliphatic carbocycles. The van der Waals surface area contributed by atoms with E-state index in [2.05, 4.69) is 84.5 Å². The van der Waals surface area contributed by atoms with Crippen LogP contribution in [0.2, 0.25) is 0 Å². The monoisotopic (exact) mass is 1140 g/mol. The number of aryl methyl sites for hydroxylation is 1. The Labute approximate surface area is 436 Å². The van der Waals surface area contributed by atoms with Crippen LogP contribution in [0, 0.1) is 0 Å². The van der Waals surface area contributed by atoms with E-state index in [1.165, 1.54) is 5.56 Å². The largest absolute Gasteiger partial charge is 1.00 e. The number of ether oxygens (including phenoxy) is 3. The van der Waals surface area contributed by atoms with Crippen molar-refractivity contribution in [3.05, 3.63) is 53.2 Å². The van der Waals surface area contributed by atoms with E-state index < -0.39 is 0 Å². The quantitative estimate of drug-likeness (QED) is 0.0481. The van der Waals surface area contributed by atoms with E-state index in [4.69, 9.17) is 19.2 Å². The second-order valence-corrected chi connectivity index (χ2v) is 17.3. The van der Waals surface area contributed by atoms with Crippen LogP contribution >= 0.6 is 12.4 Å². The molecule has 0 unspecified atom stereocenters. The van der Waals surface area contributed by atoms with Gasteiger partial charge in [0, 0.05) is 29.6 Å². The average Bonchev–Trinajstić information content (AvgIpc) is 3.31. The number of para-hydroxylation sites is 1. The van der Waals surface area contributed by atoms with Gasteiger partial charge in [0.1, 0.15) is 39.5 Å². The highest BCUT2D eigenvalue weighted by Gasteiger charge is 2.27. The number of anilines is 1. The zero-order valence-electron chi connectivity index (χ0n) is 41.8. The minimum absolute atomic E-state index is 0. The smallest absolute Gasteiger partial charge is 0.251 e. The number of nitrogens with zero attached hydrogens (tertiary/aromatic N) is 4. The second-order valence-electron chi connectivity index (χ2n) is 17.3. The van der Waals surface area contributed by atoms with Gasteiger partial charge in [-0.1, -0.05) is 24.6 Å². The lowest BCUT2D eigenvalue weighted by Gasteiger charge is -2.36. The van der Waals surface area contributed by atoms with Crippen molar-refractivity contribution < 1.29 is 88.2 Å². The Morgan fingerprint density at radius 1 is 0.636 bits per heavy atom. The molecule has 4 rings (SSSR count). The molecular formula is C50H85Br3ClN7O5. The van der Waals surface area contributed by atoms with Gasteiger partial charge in [-0.3, -0.25) is 25.4 Å². The predicted molar refractivity (Wildman–Crippen MR) is 261 cm³/mol. The molecule has 0 atom stereocenters. The van der Waals surface area contributed by atoms with Gasteiger partial charge >= 0.3 is 0 Å². The van der Waals surface area contributed by atoms with Crippen LogP contribution in [0.15, 0.2) is 36.4 Å². The topological polar surface area (TPSA) is 111 Å². The van der Waals surface area contributed by atoms with E-state index in [1.54, 1.807) is 0 Å². The number of carbonyl (C=O) groups is 2. The summed E-state index contributed by atoms with van der Waals surface area (Å²) < 4.78 is 22.8. The Bertz CT molecular complexity index is 1790. The number of rotatable bonds is 30. The summed E-state index contributed by atoms with van der Waals surface area (Å²) in [5.41, 5.74) is 11.0. The van der Waals surface area contributed by atoms with E-state index in [9.17, 15) is 9.59 Å². The van der Waals surface area contributed by atoms with Gasteiger partial charge in [-0.2, -0.15) is 0 Å². The molecule has 66 heavy (non-hydrogen) atoms. The summed E-state index contributed by atoms with van der Waals surface area (Å²) in [5, 5.41) is 4.17. The molecule has 1 heterocycles. The number of unbranched alkanes of at least 4 members (excludes halogenated alkanes) is 2. The molecule has 0 spiro atoms. The molecule has 0 radical (unpaired) electrons. The number of hydrazine groups is 1. The standard InChI is InChI=1S/C50H82N7O5.3BrH.ClH/c1-10-55(11-2,12-3)32-35-60-45-38-40(39-46(61-36-33-56(13-4,14-5)15-6)49(45)62-37-34-57(16-7,17-8)18-9)50(59)51-31-25-19-20-30-47(58)53-54-48-41-26-21-23-28-43(41)52-44-29-24-22-27-42(44)48;;;;/h21,23,26,28,38-39H,10-20,22,24-25,27,29-37H2,1-9H3,(H-2,51,52,53,54,58,59);4*1H/q+1;;;;/p-1. The van der Waals surface area contributed by atoms with Crippen molar-refractivity contribution in [1.29, 1.82) is 0 Å². The maximum absolute atomic E-state index is 13.9. The van der Waals surface area contributed by atoms with Crippen molar-refractivity contribution in [2.24, 2.45) is 0 Å². The Morgan fingerprint density at radius 3 is 1.64 bits per heavy atom. The summed E-state index contributed by atoms with van der Waals surface area (Å²) in [5.74, 6) is 1.46. The van der Waals surface area contributed by atoms with E-state index in [0.29, 0.717) is 55.6 Å². The Balaban J connectivity index is 0.0000106. The van der Waals surface area contributed by atoms with E-state index in [-0.39, 0.29) is 75.2 Å². The molecule has 0 aliphatic heterocycles. The third-order valence-corrected chi connectivity index (χ3v) is 14.6. The number of hydrogen-bond acceptors (Lipinski definition) is 7. The summed E-state index contributed by atoms with van der Waals surface area (Å²) >= 11 is 0. The van der Waals surface area contributed by atoms with Crippen LogP contribution in [0.5, 0.6) is 17.2 Å². The number of quaternary nitrogens is 3. The van der Waals surface area contributed by atoms with Crippen molar-refractivity contribution in [2.75, 3.05) is 110 Å². The molecule has 3 aromatic rings. The first-order chi connectivity index (χ1) is 30.0. The number of halogens is 4. The Hall–Kier alpha value is -2.40. The van der Waals surface area contributed by atoms with Gasteiger partial charge in [0.25, 0.3) is 5.91 Å². The lowest BCUT2D eigenvalue weighted by molar-refractivity contribution is -0.923. The van der Waals surface area contributed by atoms with Crippen molar-refractivity contribution >= 4 is 40.8 Å². The van der Waals surface area contributed by atoms with Crippen LogP contribution in [-0.2, 0) is 17.6 Å². The molecule has 378 valence electrons. The molecule has 0 saturated carbocycles. The van der Waals surface area contributed by atoms with E-state index >= 15 is 0 Å². The lowest BCUT2D eigenvalue weighted by atomic mass is 9.93. The zero-order valence-corrected chi connectivity index (χ0v) is 47.4. The van der Waals surface area contributed by atoms with Gasteiger partial charge in [0.2, 0.25) is 11.7 Å². The van der Waals surface area contributed by atoms with Crippen molar-refractivity contribution in [3.63, 3.8) is 0 Å². The van der Waals surface area contributed by atoms with Crippen LogP contribution < -0.4 is 81.3 Å². The third-order valence-electron chi connectivity index (χ3n) is 14.6. The molecule has 3 N–H and O–H groups in total. The van der Waals surface area contributed by atoms with E-state index in [1.807, 2.05) is 30.3 Å². The summed E-state index contributed by atoms with van der Waals surface area (Å²) in [7, 11) is 0. The average molecular weight is 1140 g/mol. The fourth-order valence-electron chi connectivity index (χ4n) is 9.14. The minimum Gasteiger partial charge on any atom is -1.00 e. The number of carbonyl (C=O) groups excluding carboxylic acids is 2. The summed E-state index contributed by atoms with van der Waals surface area (Å²) in [6, 6.07) is 11.8. The van der Waals surface area contributed by atoms with Gasteiger partial charge in [0.15, 0.2) is 11.5 Å². The minimum atomic E-state index is -0.179. The van der Waals surface area contributed by atoms with Crippen molar-refractivity contribution in [1.82, 2.24) is 15.7 Å². The first-order valence-electron chi connectivity index (χ1n) is 24.4. The normalized spacial score (nSPS) is 12.3. The first-order valence-corrected chi connectivity index (χ1v) is 24.4. The number of pyridine rings is 1. The maximum Gasteiger partial charge on any atom is 0.251 e.